The quantitative estimate of drug-likeness (QED) is 0.832. The van der Waals surface area contributed by atoms with Gasteiger partial charge in [-0.3, -0.25) is 9.48 Å². The Morgan fingerprint density at radius 1 is 1.23 bits per heavy atom. The molecule has 1 saturated heterocycles. The van der Waals surface area contributed by atoms with E-state index in [2.05, 4.69) is 29.5 Å². The van der Waals surface area contributed by atoms with E-state index in [1.807, 2.05) is 34.8 Å². The van der Waals surface area contributed by atoms with Gasteiger partial charge in [0.25, 0.3) is 5.91 Å². The zero-order valence-electron chi connectivity index (χ0n) is 15.9. The van der Waals surface area contributed by atoms with Crippen molar-refractivity contribution in [1.29, 1.82) is 0 Å². The molecule has 0 spiro atoms. The van der Waals surface area contributed by atoms with Crippen molar-refractivity contribution in [2.24, 2.45) is 5.92 Å². The average Bonchev–Trinajstić information content (AvgIpc) is 3.09. The molecule has 26 heavy (non-hydrogen) atoms. The van der Waals surface area contributed by atoms with Gasteiger partial charge >= 0.3 is 0 Å². The fourth-order valence-electron chi connectivity index (χ4n) is 3.80. The predicted molar refractivity (Wildman–Crippen MR) is 104 cm³/mol. The van der Waals surface area contributed by atoms with Crippen molar-refractivity contribution in [3.8, 4) is 0 Å². The van der Waals surface area contributed by atoms with Crippen LogP contribution in [0.2, 0.25) is 0 Å². The number of amides is 1. The molecule has 0 unspecified atom stereocenters. The summed E-state index contributed by atoms with van der Waals surface area (Å²) in [6, 6.07) is 10.3. The Bertz CT molecular complexity index is 702. The molecule has 1 N–H and O–H groups in total. The number of hydrogen-bond donors (Lipinski definition) is 1. The summed E-state index contributed by atoms with van der Waals surface area (Å²) in [4.78, 5) is 15.0. The second kappa shape index (κ2) is 8.99. The van der Waals surface area contributed by atoms with Crippen molar-refractivity contribution in [3.05, 3.63) is 53.3 Å². The summed E-state index contributed by atoms with van der Waals surface area (Å²) in [5.74, 6) is 0.881. The molecule has 1 amide bonds. The monoisotopic (exact) mass is 354 g/mol. The Morgan fingerprint density at radius 2 is 1.96 bits per heavy atom. The molecule has 2 aromatic rings. The van der Waals surface area contributed by atoms with Gasteiger partial charge in [0.05, 0.1) is 24.0 Å². The third kappa shape index (κ3) is 4.33. The molecule has 2 heterocycles. The van der Waals surface area contributed by atoms with E-state index in [1.165, 1.54) is 12.0 Å². The zero-order chi connectivity index (χ0) is 18.4. The summed E-state index contributed by atoms with van der Waals surface area (Å²) in [6.07, 6.45) is 5.98. The number of likely N-dealkylation sites (tertiary alicyclic amines) is 1. The van der Waals surface area contributed by atoms with Crippen molar-refractivity contribution in [1.82, 2.24) is 20.0 Å². The lowest BCUT2D eigenvalue weighted by Crippen LogP contribution is -2.39. The number of aromatic nitrogens is 2. The maximum absolute atomic E-state index is 13.0. The van der Waals surface area contributed by atoms with Crippen LogP contribution in [0.15, 0.2) is 36.5 Å². The highest BCUT2D eigenvalue weighted by molar-refractivity contribution is 5.95. The molecule has 1 aromatic heterocycles. The van der Waals surface area contributed by atoms with E-state index in [9.17, 15) is 4.79 Å². The Balaban J connectivity index is 1.66. The molecule has 5 heteroatoms. The maximum atomic E-state index is 13.0. The topological polar surface area (TPSA) is 50.2 Å². The summed E-state index contributed by atoms with van der Waals surface area (Å²) in [6.45, 7) is 5.59. The molecule has 1 aromatic carbocycles. The fraction of sp³-hybridized carbons (Fsp3) is 0.524. The van der Waals surface area contributed by atoms with Crippen molar-refractivity contribution >= 4 is 5.91 Å². The molecular formula is C21H30N4O. The first-order valence-electron chi connectivity index (χ1n) is 9.75. The number of benzene rings is 1. The third-order valence-electron chi connectivity index (χ3n) is 5.39. The number of rotatable bonds is 7. The minimum Gasteiger partial charge on any atom is -0.339 e. The molecule has 0 aliphatic carbocycles. The summed E-state index contributed by atoms with van der Waals surface area (Å²) < 4.78 is 1.97. The van der Waals surface area contributed by atoms with Gasteiger partial charge in [0.1, 0.15) is 0 Å². The number of carbonyl (C=O) groups is 1. The molecule has 0 radical (unpaired) electrons. The summed E-state index contributed by atoms with van der Waals surface area (Å²) in [7, 11) is 2.00. The summed E-state index contributed by atoms with van der Waals surface area (Å²) in [5, 5.41) is 7.74. The first-order chi connectivity index (χ1) is 12.7. The minimum absolute atomic E-state index is 0.147. The molecule has 0 saturated carbocycles. The SMILES string of the molecule is CCc1c(C(=O)N2CCC(CCNC)CC2)cnn1Cc1ccccc1. The molecule has 1 aliphatic heterocycles. The Labute approximate surface area is 156 Å². The molecule has 1 fully saturated rings. The van der Waals surface area contributed by atoms with Crippen LogP contribution in [0.3, 0.4) is 0 Å². The lowest BCUT2D eigenvalue weighted by Gasteiger charge is -2.32. The van der Waals surface area contributed by atoms with E-state index < -0.39 is 0 Å². The van der Waals surface area contributed by atoms with Gasteiger partial charge in [0.2, 0.25) is 0 Å². The second-order valence-electron chi connectivity index (χ2n) is 7.13. The Morgan fingerprint density at radius 3 is 2.62 bits per heavy atom. The number of nitrogens with one attached hydrogen (secondary N) is 1. The highest BCUT2D eigenvalue weighted by Crippen LogP contribution is 2.23. The average molecular weight is 354 g/mol. The third-order valence-corrected chi connectivity index (χ3v) is 5.39. The van der Waals surface area contributed by atoms with Crippen LogP contribution in [-0.2, 0) is 13.0 Å². The molecule has 0 bridgehead atoms. The van der Waals surface area contributed by atoms with Gasteiger partial charge in [-0.25, -0.2) is 0 Å². The highest BCUT2D eigenvalue weighted by Gasteiger charge is 2.26. The zero-order valence-corrected chi connectivity index (χ0v) is 15.9. The predicted octanol–water partition coefficient (Wildman–Crippen LogP) is 2.96. The number of hydrogen-bond acceptors (Lipinski definition) is 3. The van der Waals surface area contributed by atoms with E-state index in [0.29, 0.717) is 6.54 Å². The van der Waals surface area contributed by atoms with Gasteiger partial charge in [0.15, 0.2) is 0 Å². The van der Waals surface area contributed by atoms with Crippen LogP contribution in [0.1, 0.15) is 47.8 Å². The van der Waals surface area contributed by atoms with Gasteiger partial charge in [-0.05, 0) is 50.8 Å². The lowest BCUT2D eigenvalue weighted by atomic mass is 9.93. The van der Waals surface area contributed by atoms with Gasteiger partial charge in [-0.15, -0.1) is 0 Å². The van der Waals surface area contributed by atoms with E-state index in [4.69, 9.17) is 0 Å². The fourth-order valence-corrected chi connectivity index (χ4v) is 3.80. The molecule has 1 aliphatic rings. The van der Waals surface area contributed by atoms with E-state index in [0.717, 1.165) is 56.1 Å². The van der Waals surface area contributed by atoms with Gasteiger partial charge in [-0.2, -0.15) is 5.10 Å². The van der Waals surface area contributed by atoms with Crippen LogP contribution < -0.4 is 5.32 Å². The second-order valence-corrected chi connectivity index (χ2v) is 7.13. The Kier molecular flexibility index (Phi) is 6.45. The van der Waals surface area contributed by atoms with E-state index in [1.54, 1.807) is 6.20 Å². The van der Waals surface area contributed by atoms with Crippen LogP contribution in [-0.4, -0.2) is 47.3 Å². The van der Waals surface area contributed by atoms with Gasteiger partial charge in [-0.1, -0.05) is 37.3 Å². The number of carbonyl (C=O) groups excluding carboxylic acids is 1. The first-order valence-corrected chi connectivity index (χ1v) is 9.75. The smallest absolute Gasteiger partial charge is 0.257 e. The van der Waals surface area contributed by atoms with Crippen molar-refractivity contribution < 1.29 is 4.79 Å². The summed E-state index contributed by atoms with van der Waals surface area (Å²) >= 11 is 0. The molecule has 3 rings (SSSR count). The Hall–Kier alpha value is -2.14. The van der Waals surface area contributed by atoms with Crippen LogP contribution >= 0.6 is 0 Å². The van der Waals surface area contributed by atoms with Crippen molar-refractivity contribution in [2.45, 2.75) is 39.2 Å². The molecule has 0 atom stereocenters. The van der Waals surface area contributed by atoms with Crippen LogP contribution in [0, 0.1) is 5.92 Å². The van der Waals surface area contributed by atoms with Crippen LogP contribution in [0.5, 0.6) is 0 Å². The largest absolute Gasteiger partial charge is 0.339 e. The van der Waals surface area contributed by atoms with E-state index in [-0.39, 0.29) is 5.91 Å². The summed E-state index contributed by atoms with van der Waals surface area (Å²) in [5.41, 5.74) is 3.02. The van der Waals surface area contributed by atoms with Gasteiger partial charge in [0, 0.05) is 13.1 Å². The first kappa shape index (κ1) is 18.6. The normalized spacial score (nSPS) is 15.4. The molecular weight excluding hydrogens is 324 g/mol. The van der Waals surface area contributed by atoms with Crippen molar-refractivity contribution in [2.75, 3.05) is 26.7 Å². The minimum atomic E-state index is 0.147. The molecule has 140 valence electrons. The number of nitrogens with zero attached hydrogens (tertiary/aromatic N) is 3. The standard InChI is InChI=1S/C21H30N4O/c1-3-20-19(15-23-25(20)16-18-7-5-4-6-8-18)21(26)24-13-10-17(11-14-24)9-12-22-2/h4-8,15,17,22H,3,9-14,16H2,1-2H3. The van der Waals surface area contributed by atoms with Crippen LogP contribution in [0.25, 0.3) is 0 Å². The van der Waals surface area contributed by atoms with Gasteiger partial charge < -0.3 is 10.2 Å². The number of piperidine rings is 1. The van der Waals surface area contributed by atoms with Crippen LogP contribution in [0.4, 0.5) is 0 Å². The highest BCUT2D eigenvalue weighted by atomic mass is 16.2. The maximum Gasteiger partial charge on any atom is 0.257 e. The van der Waals surface area contributed by atoms with E-state index >= 15 is 0 Å². The van der Waals surface area contributed by atoms with Crippen molar-refractivity contribution in [3.63, 3.8) is 0 Å². The molecule has 5 nitrogen and oxygen atoms in total. The lowest BCUT2D eigenvalue weighted by molar-refractivity contribution is 0.0686.